The summed E-state index contributed by atoms with van der Waals surface area (Å²) in [5.41, 5.74) is 6.29. The van der Waals surface area contributed by atoms with Crippen molar-refractivity contribution in [2.24, 2.45) is 0 Å². The van der Waals surface area contributed by atoms with Gasteiger partial charge in [-0.3, -0.25) is 14.7 Å². The number of nitrogens with zero attached hydrogens (tertiary/aromatic N) is 3. The topological polar surface area (TPSA) is 84.1 Å². The third-order valence-corrected chi connectivity index (χ3v) is 2.72. The zero-order chi connectivity index (χ0) is 11.5. The largest absolute Gasteiger partial charge is 0.382 e. The Morgan fingerprint density at radius 1 is 1.56 bits per heavy atom. The molecule has 86 valence electrons. The van der Waals surface area contributed by atoms with Crippen molar-refractivity contribution in [3.8, 4) is 0 Å². The molecule has 1 aliphatic heterocycles. The van der Waals surface area contributed by atoms with Crippen LogP contribution in [-0.4, -0.2) is 39.9 Å². The maximum atomic E-state index is 11.4. The molecule has 6 heteroatoms. The van der Waals surface area contributed by atoms with Gasteiger partial charge in [-0.1, -0.05) is 0 Å². The van der Waals surface area contributed by atoms with E-state index in [1.807, 2.05) is 6.92 Å². The number of nitrogens with one attached hydrogen (secondary N) is 1. The molecule has 1 aromatic rings. The summed E-state index contributed by atoms with van der Waals surface area (Å²) in [6, 6.07) is -0.117. The van der Waals surface area contributed by atoms with Gasteiger partial charge in [0.1, 0.15) is 5.82 Å². The van der Waals surface area contributed by atoms with Gasteiger partial charge in [0.25, 0.3) is 0 Å². The minimum Gasteiger partial charge on any atom is -0.382 e. The molecule has 0 aliphatic carbocycles. The normalized spacial score (nSPS) is 21.8. The quantitative estimate of drug-likeness (QED) is 0.695. The lowest BCUT2D eigenvalue weighted by molar-refractivity contribution is -0.128. The first kappa shape index (κ1) is 10.8. The summed E-state index contributed by atoms with van der Waals surface area (Å²) < 4.78 is 0. The number of nitrogen functional groups attached to an aromatic ring is 1. The summed E-state index contributed by atoms with van der Waals surface area (Å²) in [6.45, 7) is 4.03. The van der Waals surface area contributed by atoms with Gasteiger partial charge in [0.2, 0.25) is 5.91 Å². The fraction of sp³-hybridized carbons (Fsp3) is 0.500. The van der Waals surface area contributed by atoms with Gasteiger partial charge in [0.05, 0.1) is 24.1 Å². The molecular weight excluding hydrogens is 206 g/mol. The zero-order valence-corrected chi connectivity index (χ0v) is 9.18. The molecule has 1 fully saturated rings. The standard InChI is InChI=1S/C10H15N5O/c1-7-10(16)12-2-3-15(7)6-8-4-14-9(11)5-13-8/h4-5,7H,2-3,6H2,1H3,(H2,11,14)(H,12,16). The van der Waals surface area contributed by atoms with Crippen LogP contribution in [0.1, 0.15) is 12.6 Å². The van der Waals surface area contributed by atoms with Crippen LogP contribution >= 0.6 is 0 Å². The van der Waals surface area contributed by atoms with Gasteiger partial charge < -0.3 is 11.1 Å². The molecule has 0 bridgehead atoms. The number of amides is 1. The highest BCUT2D eigenvalue weighted by Crippen LogP contribution is 2.08. The van der Waals surface area contributed by atoms with Crippen LogP contribution in [-0.2, 0) is 11.3 Å². The van der Waals surface area contributed by atoms with E-state index in [1.165, 1.54) is 6.20 Å². The molecule has 1 atom stereocenters. The van der Waals surface area contributed by atoms with Crippen molar-refractivity contribution in [1.29, 1.82) is 0 Å². The third-order valence-electron chi connectivity index (χ3n) is 2.72. The van der Waals surface area contributed by atoms with Crippen molar-refractivity contribution >= 4 is 11.7 Å². The van der Waals surface area contributed by atoms with Crippen molar-refractivity contribution in [3.05, 3.63) is 18.1 Å². The summed E-state index contributed by atoms with van der Waals surface area (Å²) in [7, 11) is 0. The summed E-state index contributed by atoms with van der Waals surface area (Å²) in [4.78, 5) is 21.7. The molecular formula is C10H15N5O. The van der Waals surface area contributed by atoms with E-state index < -0.39 is 0 Å². The van der Waals surface area contributed by atoms with Gasteiger partial charge in [0, 0.05) is 19.6 Å². The van der Waals surface area contributed by atoms with Crippen LogP contribution in [0.5, 0.6) is 0 Å². The molecule has 6 nitrogen and oxygen atoms in total. The molecule has 16 heavy (non-hydrogen) atoms. The van der Waals surface area contributed by atoms with E-state index in [4.69, 9.17) is 5.73 Å². The Morgan fingerprint density at radius 3 is 3.06 bits per heavy atom. The molecule has 1 aliphatic rings. The summed E-state index contributed by atoms with van der Waals surface area (Å²) in [5.74, 6) is 0.475. The van der Waals surface area contributed by atoms with Gasteiger partial charge in [0.15, 0.2) is 0 Å². The lowest BCUT2D eigenvalue weighted by Gasteiger charge is -2.32. The van der Waals surface area contributed by atoms with Gasteiger partial charge in [-0.2, -0.15) is 0 Å². The lowest BCUT2D eigenvalue weighted by Crippen LogP contribution is -2.53. The molecule has 1 unspecified atom stereocenters. The molecule has 1 aromatic heterocycles. The van der Waals surface area contributed by atoms with Crippen molar-refractivity contribution in [3.63, 3.8) is 0 Å². The van der Waals surface area contributed by atoms with Gasteiger partial charge in [-0.15, -0.1) is 0 Å². The maximum Gasteiger partial charge on any atom is 0.237 e. The Balaban J connectivity index is 2.03. The predicted molar refractivity (Wildman–Crippen MR) is 59.3 cm³/mol. The number of piperazine rings is 1. The number of carbonyl (C=O) groups is 1. The number of rotatable bonds is 2. The Bertz CT molecular complexity index is 377. The van der Waals surface area contributed by atoms with Crippen molar-refractivity contribution < 1.29 is 4.79 Å². The van der Waals surface area contributed by atoms with Crippen molar-refractivity contribution in [2.45, 2.75) is 19.5 Å². The van der Waals surface area contributed by atoms with E-state index in [9.17, 15) is 4.79 Å². The zero-order valence-electron chi connectivity index (χ0n) is 9.18. The molecule has 0 spiro atoms. The van der Waals surface area contributed by atoms with Crippen molar-refractivity contribution in [1.82, 2.24) is 20.2 Å². The van der Waals surface area contributed by atoms with Crippen LogP contribution in [0.3, 0.4) is 0 Å². The summed E-state index contributed by atoms with van der Waals surface area (Å²) in [6.07, 6.45) is 3.18. The summed E-state index contributed by atoms with van der Waals surface area (Å²) in [5, 5.41) is 2.82. The average molecular weight is 221 g/mol. The first-order valence-corrected chi connectivity index (χ1v) is 5.25. The van der Waals surface area contributed by atoms with E-state index >= 15 is 0 Å². The van der Waals surface area contributed by atoms with Crippen LogP contribution in [0.15, 0.2) is 12.4 Å². The SMILES string of the molecule is CC1C(=O)NCCN1Cc1cnc(N)cn1. The Labute approximate surface area is 93.9 Å². The van der Waals surface area contributed by atoms with Gasteiger partial charge in [-0.25, -0.2) is 4.98 Å². The maximum absolute atomic E-state index is 11.4. The number of nitrogens with two attached hydrogens (primary N) is 1. The van der Waals surface area contributed by atoms with Gasteiger partial charge >= 0.3 is 0 Å². The monoisotopic (exact) mass is 221 g/mol. The Hall–Kier alpha value is -1.69. The number of anilines is 1. The fourth-order valence-electron chi connectivity index (χ4n) is 1.70. The van der Waals surface area contributed by atoms with E-state index in [0.717, 1.165) is 12.2 Å². The second kappa shape index (κ2) is 4.44. The summed E-state index contributed by atoms with van der Waals surface area (Å²) >= 11 is 0. The Kier molecular flexibility index (Phi) is 3.00. The lowest BCUT2D eigenvalue weighted by atomic mass is 10.2. The number of hydrogen-bond donors (Lipinski definition) is 2. The number of hydrogen-bond acceptors (Lipinski definition) is 5. The minimum atomic E-state index is -0.117. The molecule has 0 radical (unpaired) electrons. The van der Waals surface area contributed by atoms with Crippen LogP contribution in [0.4, 0.5) is 5.82 Å². The predicted octanol–water partition coefficient (Wildman–Crippen LogP) is -0.621. The molecule has 2 heterocycles. The molecule has 1 saturated heterocycles. The van der Waals surface area contributed by atoms with Crippen LogP contribution in [0, 0.1) is 0 Å². The number of aromatic nitrogens is 2. The number of carbonyl (C=O) groups excluding carboxylic acids is 1. The molecule has 0 aromatic carbocycles. The highest BCUT2D eigenvalue weighted by molar-refractivity contribution is 5.81. The van der Waals surface area contributed by atoms with Crippen LogP contribution in [0.2, 0.25) is 0 Å². The smallest absolute Gasteiger partial charge is 0.237 e. The van der Waals surface area contributed by atoms with E-state index in [1.54, 1.807) is 6.20 Å². The first-order chi connectivity index (χ1) is 7.66. The second-order valence-corrected chi connectivity index (χ2v) is 3.87. The first-order valence-electron chi connectivity index (χ1n) is 5.25. The third kappa shape index (κ3) is 2.27. The fourth-order valence-corrected chi connectivity index (χ4v) is 1.70. The van der Waals surface area contributed by atoms with Crippen LogP contribution < -0.4 is 11.1 Å². The molecule has 3 N–H and O–H groups in total. The highest BCUT2D eigenvalue weighted by atomic mass is 16.2. The van der Waals surface area contributed by atoms with E-state index in [0.29, 0.717) is 18.9 Å². The molecule has 1 amide bonds. The average Bonchev–Trinajstić information content (AvgIpc) is 2.28. The van der Waals surface area contributed by atoms with E-state index in [2.05, 4.69) is 20.2 Å². The second-order valence-electron chi connectivity index (χ2n) is 3.87. The Morgan fingerprint density at radius 2 is 2.38 bits per heavy atom. The minimum absolute atomic E-state index is 0.0645. The van der Waals surface area contributed by atoms with Crippen LogP contribution in [0.25, 0.3) is 0 Å². The van der Waals surface area contributed by atoms with Gasteiger partial charge in [-0.05, 0) is 6.92 Å². The highest BCUT2D eigenvalue weighted by Gasteiger charge is 2.25. The molecule has 2 rings (SSSR count). The van der Waals surface area contributed by atoms with Crippen molar-refractivity contribution in [2.75, 3.05) is 18.8 Å². The molecule has 0 saturated carbocycles. The van der Waals surface area contributed by atoms with E-state index in [-0.39, 0.29) is 11.9 Å².